The largest absolute Gasteiger partial charge is 0.496 e. The lowest BCUT2D eigenvalue weighted by atomic mass is 10.1. The van der Waals surface area contributed by atoms with Crippen LogP contribution in [-0.2, 0) is 0 Å². The summed E-state index contributed by atoms with van der Waals surface area (Å²) in [6.45, 7) is 1.83. The van der Waals surface area contributed by atoms with Crippen LogP contribution < -0.4 is 15.8 Å². The molecule has 0 bridgehead atoms. The summed E-state index contributed by atoms with van der Waals surface area (Å²) in [7, 11) is 1.45. The Morgan fingerprint density at radius 2 is 2.00 bits per heavy atom. The summed E-state index contributed by atoms with van der Waals surface area (Å²) in [5.41, 5.74) is 5.77. The van der Waals surface area contributed by atoms with Gasteiger partial charge in [0.05, 0.1) is 33.6 Å². The third-order valence-electron chi connectivity index (χ3n) is 3.58. The number of benzene rings is 2. The highest BCUT2D eigenvalue weighted by Gasteiger charge is 2.22. The van der Waals surface area contributed by atoms with Crippen molar-refractivity contribution in [2.24, 2.45) is 5.73 Å². The highest BCUT2D eigenvalue weighted by Crippen LogP contribution is 2.33. The van der Waals surface area contributed by atoms with Gasteiger partial charge in [-0.15, -0.1) is 11.3 Å². The zero-order chi connectivity index (χ0) is 18.1. The Morgan fingerprint density at radius 1 is 1.24 bits per heavy atom. The predicted octanol–water partition coefficient (Wildman–Crippen LogP) is 3.10. The molecule has 0 radical (unpaired) electrons. The van der Waals surface area contributed by atoms with Crippen LogP contribution in [0.15, 0.2) is 30.3 Å². The van der Waals surface area contributed by atoms with Crippen molar-refractivity contribution in [3.8, 4) is 5.75 Å². The number of anilines is 1. The molecular weight excluding hydrogens is 345 g/mol. The van der Waals surface area contributed by atoms with E-state index in [2.05, 4.69) is 10.3 Å². The first-order valence-electron chi connectivity index (χ1n) is 7.26. The number of halogens is 1. The van der Waals surface area contributed by atoms with E-state index in [1.807, 2.05) is 6.92 Å². The molecule has 0 unspecified atom stereocenters. The molecule has 0 saturated carbocycles. The van der Waals surface area contributed by atoms with E-state index in [9.17, 15) is 14.0 Å². The number of rotatable bonds is 4. The second-order valence-corrected chi connectivity index (χ2v) is 6.41. The van der Waals surface area contributed by atoms with Crippen molar-refractivity contribution in [2.45, 2.75) is 6.92 Å². The Kier molecular flexibility index (Phi) is 4.37. The number of thiazole rings is 1. The van der Waals surface area contributed by atoms with Gasteiger partial charge in [-0.2, -0.15) is 0 Å². The molecule has 3 N–H and O–H groups in total. The maximum Gasteiger partial charge on any atom is 0.260 e. The van der Waals surface area contributed by atoms with Crippen molar-refractivity contribution in [1.29, 1.82) is 0 Å². The topological polar surface area (TPSA) is 94.3 Å². The number of nitrogens with zero attached hydrogens (tertiary/aromatic N) is 1. The number of carbonyl (C=O) groups excluding carboxylic acids is 2. The van der Waals surface area contributed by atoms with Crippen LogP contribution in [0.1, 0.15) is 25.7 Å². The van der Waals surface area contributed by atoms with Crippen LogP contribution >= 0.6 is 11.3 Å². The number of nitrogens with two attached hydrogens (primary N) is 1. The van der Waals surface area contributed by atoms with Crippen molar-refractivity contribution < 1.29 is 18.7 Å². The summed E-state index contributed by atoms with van der Waals surface area (Å²) < 4.78 is 19.8. The van der Waals surface area contributed by atoms with E-state index in [1.165, 1.54) is 30.6 Å². The number of fused-ring (bicyclic) bond motifs is 1. The Hall–Kier alpha value is -3.00. The number of nitrogens with one attached hydrogen (secondary N) is 1. The van der Waals surface area contributed by atoms with Gasteiger partial charge in [0.25, 0.3) is 11.8 Å². The fourth-order valence-corrected chi connectivity index (χ4v) is 3.49. The van der Waals surface area contributed by atoms with Crippen LogP contribution in [0.5, 0.6) is 5.75 Å². The number of hydrogen-bond donors (Lipinski definition) is 2. The molecule has 0 aliphatic carbocycles. The van der Waals surface area contributed by atoms with Gasteiger partial charge in [-0.3, -0.25) is 9.59 Å². The summed E-state index contributed by atoms with van der Waals surface area (Å²) in [6.07, 6.45) is 0. The fourth-order valence-electron chi connectivity index (χ4n) is 2.53. The summed E-state index contributed by atoms with van der Waals surface area (Å²) in [5.74, 6) is -1.96. The van der Waals surface area contributed by atoms with Crippen LogP contribution in [0.25, 0.3) is 10.2 Å². The van der Waals surface area contributed by atoms with Gasteiger partial charge >= 0.3 is 0 Å². The number of hydrogen-bond acceptors (Lipinski definition) is 5. The van der Waals surface area contributed by atoms with Gasteiger partial charge in [-0.1, -0.05) is 6.07 Å². The lowest BCUT2D eigenvalue weighted by Crippen LogP contribution is -2.20. The Labute approximate surface area is 146 Å². The van der Waals surface area contributed by atoms with Crippen LogP contribution in [0, 0.1) is 12.7 Å². The van der Waals surface area contributed by atoms with Crippen molar-refractivity contribution in [3.63, 3.8) is 0 Å². The van der Waals surface area contributed by atoms with E-state index in [1.54, 1.807) is 12.1 Å². The van der Waals surface area contributed by atoms with E-state index in [0.29, 0.717) is 16.0 Å². The van der Waals surface area contributed by atoms with Crippen molar-refractivity contribution in [3.05, 3.63) is 52.3 Å². The van der Waals surface area contributed by atoms with Crippen LogP contribution in [0.3, 0.4) is 0 Å². The highest BCUT2D eigenvalue weighted by molar-refractivity contribution is 7.19. The molecule has 8 heteroatoms. The molecule has 0 fully saturated rings. The van der Waals surface area contributed by atoms with Gasteiger partial charge in [0.1, 0.15) is 17.1 Å². The average Bonchev–Trinajstić information content (AvgIpc) is 2.93. The van der Waals surface area contributed by atoms with E-state index in [0.717, 1.165) is 11.1 Å². The lowest BCUT2D eigenvalue weighted by Gasteiger charge is -2.12. The third kappa shape index (κ3) is 3.03. The monoisotopic (exact) mass is 359 g/mol. The predicted molar refractivity (Wildman–Crippen MR) is 93.8 cm³/mol. The van der Waals surface area contributed by atoms with Gasteiger partial charge in [0.15, 0.2) is 0 Å². The molecule has 0 spiro atoms. The summed E-state index contributed by atoms with van der Waals surface area (Å²) in [6, 6.07) is 7.28. The number of aryl methyl sites for hydroxylation is 1. The quantitative estimate of drug-likeness (QED) is 0.748. The number of amides is 2. The second kappa shape index (κ2) is 6.48. The SMILES string of the molecule is COc1ccc2nc(C)sc2c1C(=O)Nc1cccc(F)c1C(N)=O. The minimum Gasteiger partial charge on any atom is -0.496 e. The van der Waals surface area contributed by atoms with Crippen LogP contribution in [-0.4, -0.2) is 23.9 Å². The molecule has 1 aromatic heterocycles. The highest BCUT2D eigenvalue weighted by atomic mass is 32.1. The van der Waals surface area contributed by atoms with Gasteiger partial charge < -0.3 is 15.8 Å². The molecule has 25 heavy (non-hydrogen) atoms. The van der Waals surface area contributed by atoms with Gasteiger partial charge in [-0.05, 0) is 31.2 Å². The number of primary amides is 1. The van der Waals surface area contributed by atoms with Crippen molar-refractivity contribution in [2.75, 3.05) is 12.4 Å². The fraction of sp³-hybridized carbons (Fsp3) is 0.118. The first kappa shape index (κ1) is 16.8. The molecule has 0 aliphatic rings. The molecule has 2 amide bonds. The molecule has 3 aromatic rings. The minimum absolute atomic E-state index is 0.00204. The average molecular weight is 359 g/mol. The summed E-state index contributed by atoms with van der Waals surface area (Å²) in [4.78, 5) is 28.7. The molecule has 128 valence electrons. The first-order chi connectivity index (χ1) is 11.9. The Morgan fingerprint density at radius 3 is 2.68 bits per heavy atom. The molecule has 2 aromatic carbocycles. The minimum atomic E-state index is -0.966. The van der Waals surface area contributed by atoms with E-state index in [4.69, 9.17) is 10.5 Å². The maximum absolute atomic E-state index is 13.9. The second-order valence-electron chi connectivity index (χ2n) is 5.20. The zero-order valence-electron chi connectivity index (χ0n) is 13.4. The molecule has 0 saturated heterocycles. The third-order valence-corrected chi connectivity index (χ3v) is 4.59. The van der Waals surface area contributed by atoms with Crippen molar-refractivity contribution in [1.82, 2.24) is 4.98 Å². The van der Waals surface area contributed by atoms with Crippen LogP contribution in [0.2, 0.25) is 0 Å². The van der Waals surface area contributed by atoms with E-state index in [-0.39, 0.29) is 16.8 Å². The molecule has 0 atom stereocenters. The normalized spacial score (nSPS) is 10.7. The van der Waals surface area contributed by atoms with Gasteiger partial charge in [0.2, 0.25) is 0 Å². The first-order valence-corrected chi connectivity index (χ1v) is 8.07. The van der Waals surface area contributed by atoms with Crippen LogP contribution in [0.4, 0.5) is 10.1 Å². The van der Waals surface area contributed by atoms with E-state index < -0.39 is 17.6 Å². The lowest BCUT2D eigenvalue weighted by molar-refractivity contribution is 0.0997. The number of carbonyl (C=O) groups is 2. The van der Waals surface area contributed by atoms with Crippen molar-refractivity contribution >= 4 is 39.1 Å². The zero-order valence-corrected chi connectivity index (χ0v) is 14.2. The van der Waals surface area contributed by atoms with Gasteiger partial charge in [0, 0.05) is 0 Å². The molecular formula is C17H14FN3O3S. The molecule has 3 rings (SSSR count). The smallest absolute Gasteiger partial charge is 0.260 e. The molecule has 6 nitrogen and oxygen atoms in total. The van der Waals surface area contributed by atoms with Gasteiger partial charge in [-0.25, -0.2) is 9.37 Å². The Bertz CT molecular complexity index is 1000. The maximum atomic E-state index is 13.9. The number of methoxy groups -OCH3 is 1. The molecule has 1 heterocycles. The van der Waals surface area contributed by atoms with E-state index >= 15 is 0 Å². The summed E-state index contributed by atoms with van der Waals surface area (Å²) >= 11 is 1.34. The Balaban J connectivity index is 2.10. The molecule has 0 aliphatic heterocycles. The number of aromatic nitrogens is 1. The summed E-state index contributed by atoms with van der Waals surface area (Å²) in [5, 5.41) is 3.34. The standard InChI is InChI=1S/C17H14FN3O3S/c1-8-20-11-6-7-12(24-2)14(15(11)25-8)17(23)21-10-5-3-4-9(18)13(10)16(19)22/h3-7H,1-2H3,(H2,19,22)(H,21,23). The number of ether oxygens (including phenoxy) is 1.